The molecule has 5 atom stereocenters. The lowest BCUT2D eigenvalue weighted by Crippen LogP contribution is -2.49. The maximum absolute atomic E-state index is 14.5. The Kier molecular flexibility index (Phi) is 7.12. The molecule has 10 heteroatoms. The third-order valence-electron chi connectivity index (χ3n) is 10.3. The number of carbonyl (C=O) groups is 2. The predicted octanol–water partition coefficient (Wildman–Crippen LogP) is 4.07. The first-order chi connectivity index (χ1) is 19.5. The van der Waals surface area contributed by atoms with Crippen LogP contribution in [-0.4, -0.2) is 98.9 Å². The number of benzene rings is 1. The molecule has 4 saturated heterocycles. The molecule has 9 nitrogen and oxygen atoms in total. The van der Waals surface area contributed by atoms with Crippen molar-refractivity contribution in [3.8, 4) is 0 Å². The fraction of sp³-hybridized carbons (Fsp3) is 0.733. The third kappa shape index (κ3) is 4.86. The second kappa shape index (κ2) is 10.8. The standard InChI is InChI=1S/C30H40FN3O6/c31-21-3-4-26-25(15-21)30(19-34(26)29(36)40-24-6-13-38-18-24)7-10-32(11-8-30)22-14-20-2-1-9-33(27(20)16-22)28(35)39-23-5-12-37-17-23/h3-4,15,20,22-24,27H,1-2,5-14,16-19H2/t20?,22?,23-,24-,27?/m1/s1. The van der Waals surface area contributed by atoms with Crippen LogP contribution in [0, 0.1) is 11.7 Å². The molecule has 1 aliphatic carbocycles. The van der Waals surface area contributed by atoms with Gasteiger partial charge in [0.25, 0.3) is 0 Å². The van der Waals surface area contributed by atoms with Gasteiger partial charge in [0.1, 0.15) is 18.0 Å². The molecule has 40 heavy (non-hydrogen) atoms. The van der Waals surface area contributed by atoms with Crippen LogP contribution in [0.1, 0.15) is 56.9 Å². The molecule has 5 heterocycles. The molecular formula is C30H40FN3O6. The van der Waals surface area contributed by atoms with Crippen LogP contribution < -0.4 is 4.90 Å². The number of piperidine rings is 2. The van der Waals surface area contributed by atoms with Crippen molar-refractivity contribution >= 4 is 17.9 Å². The number of amides is 2. The maximum Gasteiger partial charge on any atom is 0.414 e. The van der Waals surface area contributed by atoms with E-state index in [4.69, 9.17) is 18.9 Å². The monoisotopic (exact) mass is 557 g/mol. The average Bonchev–Trinajstić information content (AvgIpc) is 3.77. The summed E-state index contributed by atoms with van der Waals surface area (Å²) in [5.74, 6) is 0.240. The van der Waals surface area contributed by atoms with Gasteiger partial charge in [-0.1, -0.05) is 0 Å². The summed E-state index contributed by atoms with van der Waals surface area (Å²) in [4.78, 5) is 32.5. The highest BCUT2D eigenvalue weighted by Gasteiger charge is 2.50. The molecule has 3 unspecified atom stereocenters. The first kappa shape index (κ1) is 26.5. The number of nitrogens with zero attached hydrogens (tertiary/aromatic N) is 3. The zero-order valence-corrected chi connectivity index (χ0v) is 23.1. The number of carbonyl (C=O) groups excluding carboxylic acids is 2. The van der Waals surface area contributed by atoms with Crippen molar-refractivity contribution < 1.29 is 32.9 Å². The number of anilines is 1. The summed E-state index contributed by atoms with van der Waals surface area (Å²) >= 11 is 0. The Morgan fingerprint density at radius 1 is 0.925 bits per heavy atom. The largest absolute Gasteiger partial charge is 0.444 e. The first-order valence-corrected chi connectivity index (χ1v) is 15.1. The first-order valence-electron chi connectivity index (χ1n) is 15.1. The molecule has 7 rings (SSSR count). The molecule has 1 spiro atoms. The van der Waals surface area contributed by atoms with E-state index in [-0.39, 0.29) is 41.7 Å². The minimum atomic E-state index is -0.362. The van der Waals surface area contributed by atoms with E-state index < -0.39 is 0 Å². The van der Waals surface area contributed by atoms with Crippen LogP contribution in [0.2, 0.25) is 0 Å². The van der Waals surface area contributed by atoms with Crippen molar-refractivity contribution in [2.75, 3.05) is 57.5 Å². The van der Waals surface area contributed by atoms with Crippen LogP contribution in [0.15, 0.2) is 18.2 Å². The second-order valence-electron chi connectivity index (χ2n) is 12.6. The van der Waals surface area contributed by atoms with E-state index in [1.807, 2.05) is 4.90 Å². The number of hydrogen-bond donors (Lipinski definition) is 0. The molecule has 0 radical (unpaired) electrons. The fourth-order valence-electron chi connectivity index (χ4n) is 8.16. The van der Waals surface area contributed by atoms with Gasteiger partial charge in [0, 0.05) is 43.4 Å². The highest BCUT2D eigenvalue weighted by atomic mass is 19.1. The summed E-state index contributed by atoms with van der Waals surface area (Å²) in [5.41, 5.74) is 1.42. The molecule has 0 bridgehead atoms. The lowest BCUT2D eigenvalue weighted by atomic mass is 9.74. The Morgan fingerprint density at radius 2 is 1.65 bits per heavy atom. The van der Waals surface area contributed by atoms with Gasteiger partial charge < -0.3 is 28.7 Å². The van der Waals surface area contributed by atoms with Crippen LogP contribution in [0.25, 0.3) is 0 Å². The van der Waals surface area contributed by atoms with Crippen LogP contribution in [0.5, 0.6) is 0 Å². The third-order valence-corrected chi connectivity index (χ3v) is 10.3. The lowest BCUT2D eigenvalue weighted by Gasteiger charge is -2.42. The molecule has 5 fully saturated rings. The van der Waals surface area contributed by atoms with Gasteiger partial charge in [-0.25, -0.2) is 14.0 Å². The Bertz CT molecular complexity index is 1110. The Balaban J connectivity index is 1.01. The zero-order valence-electron chi connectivity index (χ0n) is 23.1. The zero-order chi connectivity index (χ0) is 27.3. The Hall–Kier alpha value is -2.43. The Labute approximate surface area is 234 Å². The van der Waals surface area contributed by atoms with Crippen molar-refractivity contribution in [1.29, 1.82) is 0 Å². The SMILES string of the molecule is O=C(O[C@@H]1CCOC1)N1CC2(CCN(C3CC4CCCN(C(=O)O[C@@H]5CCOC5)C4C3)CC2)c2cc(F)ccc21. The molecule has 0 aromatic heterocycles. The van der Waals surface area contributed by atoms with Gasteiger partial charge in [-0.05, 0) is 81.3 Å². The van der Waals surface area contributed by atoms with Gasteiger partial charge in [-0.3, -0.25) is 4.90 Å². The van der Waals surface area contributed by atoms with E-state index in [1.165, 1.54) is 6.07 Å². The van der Waals surface area contributed by atoms with Gasteiger partial charge in [0.05, 0.1) is 32.1 Å². The number of halogens is 1. The number of hydrogen-bond acceptors (Lipinski definition) is 7. The van der Waals surface area contributed by atoms with Gasteiger partial charge in [-0.15, -0.1) is 0 Å². The van der Waals surface area contributed by atoms with Crippen LogP contribution >= 0.6 is 0 Å². The van der Waals surface area contributed by atoms with E-state index in [0.29, 0.717) is 51.4 Å². The number of ether oxygens (including phenoxy) is 4. The lowest BCUT2D eigenvalue weighted by molar-refractivity contribution is 0.0286. The molecule has 1 aromatic carbocycles. The fourth-order valence-corrected chi connectivity index (χ4v) is 8.16. The van der Waals surface area contributed by atoms with E-state index in [9.17, 15) is 14.0 Å². The summed E-state index contributed by atoms with van der Waals surface area (Å²) in [6, 6.07) is 5.44. The smallest absolute Gasteiger partial charge is 0.414 e. The van der Waals surface area contributed by atoms with E-state index >= 15 is 0 Å². The number of likely N-dealkylation sites (tertiary alicyclic amines) is 2. The topological polar surface area (TPSA) is 80.8 Å². The summed E-state index contributed by atoms with van der Waals surface area (Å²) in [7, 11) is 0. The van der Waals surface area contributed by atoms with Crippen LogP contribution in [0.4, 0.5) is 19.7 Å². The Morgan fingerprint density at radius 3 is 2.35 bits per heavy atom. The van der Waals surface area contributed by atoms with Gasteiger partial charge in [0.15, 0.2) is 0 Å². The minimum Gasteiger partial charge on any atom is -0.444 e. The van der Waals surface area contributed by atoms with Gasteiger partial charge >= 0.3 is 12.2 Å². The van der Waals surface area contributed by atoms with E-state index in [1.54, 1.807) is 17.0 Å². The maximum atomic E-state index is 14.5. The van der Waals surface area contributed by atoms with Crippen molar-refractivity contribution in [2.45, 2.75) is 81.1 Å². The highest BCUT2D eigenvalue weighted by molar-refractivity contribution is 5.91. The average molecular weight is 558 g/mol. The summed E-state index contributed by atoms with van der Waals surface area (Å²) in [6.45, 7) is 5.28. The summed E-state index contributed by atoms with van der Waals surface area (Å²) in [6.07, 6.45) is 6.59. The number of rotatable bonds is 3. The molecule has 218 valence electrons. The normalized spacial score (nSPS) is 33.3. The second-order valence-corrected chi connectivity index (χ2v) is 12.6. The predicted molar refractivity (Wildman–Crippen MR) is 144 cm³/mol. The molecule has 6 aliphatic rings. The molecular weight excluding hydrogens is 517 g/mol. The van der Waals surface area contributed by atoms with E-state index in [0.717, 1.165) is 75.8 Å². The molecule has 0 N–H and O–H groups in total. The van der Waals surface area contributed by atoms with Crippen molar-refractivity contribution in [3.63, 3.8) is 0 Å². The van der Waals surface area contributed by atoms with Crippen LogP contribution in [0.3, 0.4) is 0 Å². The molecule has 2 amide bonds. The quantitative estimate of drug-likeness (QED) is 0.554. The molecule has 1 saturated carbocycles. The summed E-state index contributed by atoms with van der Waals surface area (Å²) < 4.78 is 36.8. The van der Waals surface area contributed by atoms with Crippen molar-refractivity contribution in [3.05, 3.63) is 29.6 Å². The van der Waals surface area contributed by atoms with E-state index in [2.05, 4.69) is 4.90 Å². The van der Waals surface area contributed by atoms with Crippen LogP contribution in [-0.2, 0) is 24.4 Å². The van der Waals surface area contributed by atoms with Gasteiger partial charge in [0.2, 0.25) is 0 Å². The summed E-state index contributed by atoms with van der Waals surface area (Å²) in [5, 5.41) is 0. The molecule has 1 aromatic rings. The van der Waals surface area contributed by atoms with Gasteiger partial charge in [-0.2, -0.15) is 0 Å². The van der Waals surface area contributed by atoms with Crippen molar-refractivity contribution in [1.82, 2.24) is 9.80 Å². The number of fused-ring (bicyclic) bond motifs is 3. The van der Waals surface area contributed by atoms with Crippen molar-refractivity contribution in [2.24, 2.45) is 5.92 Å². The molecule has 5 aliphatic heterocycles. The minimum absolute atomic E-state index is 0.120. The highest BCUT2D eigenvalue weighted by Crippen LogP contribution is 2.49.